The van der Waals surface area contributed by atoms with Crippen LogP contribution < -0.4 is 9.47 Å². The molecule has 0 N–H and O–H groups in total. The highest BCUT2D eigenvalue weighted by molar-refractivity contribution is 5.99. The monoisotopic (exact) mass is 1430 g/mol. The summed E-state index contributed by atoms with van der Waals surface area (Å²) in [5, 5.41) is 0. The molecule has 2 aromatic heterocycles. The van der Waals surface area contributed by atoms with Crippen LogP contribution in [0.3, 0.4) is 0 Å². The molecule has 2 aliphatic carbocycles. The van der Waals surface area contributed by atoms with Gasteiger partial charge in [-0.05, 0) is 149 Å². The van der Waals surface area contributed by atoms with Gasteiger partial charge in [0.05, 0.1) is 10.8 Å². The summed E-state index contributed by atoms with van der Waals surface area (Å²) in [6.45, 7) is 0. The Labute approximate surface area is 648 Å². The van der Waals surface area contributed by atoms with Gasteiger partial charge < -0.3 is 9.47 Å². The summed E-state index contributed by atoms with van der Waals surface area (Å²) < 4.78 is 14.1. The molecule has 4 aliphatic rings. The fourth-order valence-electron chi connectivity index (χ4n) is 18.2. The van der Waals surface area contributed by atoms with Gasteiger partial charge in [-0.15, -0.1) is 0 Å². The lowest BCUT2D eigenvalue weighted by atomic mass is 9.65. The zero-order valence-electron chi connectivity index (χ0n) is 60.5. The second-order valence-corrected chi connectivity index (χ2v) is 29.0. The Kier molecular flexibility index (Phi) is 14.9. The zero-order chi connectivity index (χ0) is 73.9. The first-order valence-electron chi connectivity index (χ1n) is 38.0. The fourth-order valence-corrected chi connectivity index (χ4v) is 18.2. The highest BCUT2D eigenvalue weighted by Gasteiger charge is 2.53. The Balaban J connectivity index is 0.694. The number of fused-ring (bicyclic) bond motifs is 18. The minimum atomic E-state index is -0.835. The number of ether oxygens (including phenoxy) is 2. The standard InChI is InChI=1S/C104H64N6O2/c1-4-29-65(30-5-1)68-35-26-37-72(61-68)98-105-99(109-100(108-98)81-45-14-11-40-75(81)70-57-59-94-90(63-70)103(87-52-22-24-55-92(87)111-94)84-49-19-16-42-78(84)79-43-17-20-50-85(79)103)73-38-27-36-69(62-73)77-48-28-54-89-96(77)83-47-18-21-51-86(83)104(89)88-53-23-25-56-93(88)112-95-60-58-71(64-91(95)104)76-41-12-15-46-82(76)102-107-97(67-33-8-3-9-34-67)106-101(110-102)80-44-13-10-39-74(80)66-31-6-2-7-32-66/h1-64H/t104-/m1/s1. The average Bonchev–Trinajstić information content (AvgIpc) is 1.57. The molecular weight excluding hydrogens is 1370 g/mol. The van der Waals surface area contributed by atoms with Gasteiger partial charge in [0, 0.05) is 55.6 Å². The van der Waals surface area contributed by atoms with Crippen molar-refractivity contribution >= 4 is 0 Å². The third-order valence-electron chi connectivity index (χ3n) is 23.0. The molecular formula is C104H64N6O2. The summed E-state index contributed by atoms with van der Waals surface area (Å²) >= 11 is 0. The van der Waals surface area contributed by atoms with Crippen LogP contribution in [-0.2, 0) is 10.8 Å². The van der Waals surface area contributed by atoms with Crippen molar-refractivity contribution in [1.29, 1.82) is 0 Å². The number of nitrogens with zero attached hydrogens (tertiary/aromatic N) is 6. The van der Waals surface area contributed by atoms with E-state index in [0.29, 0.717) is 34.9 Å². The zero-order valence-corrected chi connectivity index (χ0v) is 60.5. The number of rotatable bonds is 11. The van der Waals surface area contributed by atoms with Crippen molar-refractivity contribution in [2.45, 2.75) is 10.8 Å². The molecule has 0 bridgehead atoms. The number of hydrogen-bond acceptors (Lipinski definition) is 8. The molecule has 112 heavy (non-hydrogen) atoms. The van der Waals surface area contributed by atoms with Gasteiger partial charge in [-0.25, -0.2) is 29.9 Å². The lowest BCUT2D eigenvalue weighted by molar-refractivity contribution is 0.436. The molecule has 0 fully saturated rings. The molecule has 522 valence electrons. The molecule has 4 heterocycles. The second-order valence-electron chi connectivity index (χ2n) is 29.0. The van der Waals surface area contributed by atoms with Gasteiger partial charge >= 0.3 is 0 Å². The van der Waals surface area contributed by atoms with E-state index >= 15 is 0 Å². The Hall–Kier alpha value is -14.9. The Bertz CT molecular complexity index is 6810. The summed E-state index contributed by atoms with van der Waals surface area (Å²) in [5.41, 5.74) is 27.8. The Morgan fingerprint density at radius 2 is 0.446 bits per heavy atom. The van der Waals surface area contributed by atoms with E-state index in [1.165, 1.54) is 22.3 Å². The van der Waals surface area contributed by atoms with Crippen LogP contribution in [-0.4, -0.2) is 29.9 Å². The molecule has 22 rings (SSSR count). The van der Waals surface area contributed by atoms with Gasteiger partial charge in [0.1, 0.15) is 23.0 Å². The van der Waals surface area contributed by atoms with Crippen LogP contribution in [0, 0.1) is 0 Å². The van der Waals surface area contributed by atoms with E-state index in [1.54, 1.807) is 0 Å². The van der Waals surface area contributed by atoms with Crippen molar-refractivity contribution in [2.75, 3.05) is 0 Å². The molecule has 0 amide bonds. The van der Waals surface area contributed by atoms with E-state index in [-0.39, 0.29) is 0 Å². The van der Waals surface area contributed by atoms with Gasteiger partial charge in [-0.1, -0.05) is 340 Å². The normalized spacial score (nSPS) is 14.0. The summed E-state index contributed by atoms with van der Waals surface area (Å²) in [5.74, 6) is 6.63. The molecule has 2 aliphatic heterocycles. The Morgan fingerprint density at radius 3 is 0.955 bits per heavy atom. The van der Waals surface area contributed by atoms with Crippen molar-refractivity contribution < 1.29 is 9.47 Å². The second kappa shape index (κ2) is 25.9. The minimum Gasteiger partial charge on any atom is -0.457 e. The van der Waals surface area contributed by atoms with Crippen LogP contribution in [0.1, 0.15) is 44.5 Å². The van der Waals surface area contributed by atoms with Gasteiger partial charge in [-0.2, -0.15) is 0 Å². The van der Waals surface area contributed by atoms with Crippen molar-refractivity contribution in [3.05, 3.63) is 433 Å². The van der Waals surface area contributed by atoms with Gasteiger partial charge in [-0.3, -0.25) is 0 Å². The molecule has 0 saturated heterocycles. The van der Waals surface area contributed by atoms with Crippen molar-refractivity contribution in [3.63, 3.8) is 0 Å². The molecule has 1 atom stereocenters. The van der Waals surface area contributed by atoms with Crippen LogP contribution in [0.15, 0.2) is 388 Å². The van der Waals surface area contributed by atoms with E-state index < -0.39 is 10.8 Å². The maximum absolute atomic E-state index is 7.12. The number of para-hydroxylation sites is 2. The summed E-state index contributed by atoms with van der Waals surface area (Å²) in [7, 11) is 0. The van der Waals surface area contributed by atoms with E-state index in [0.717, 1.165) is 157 Å². The first kappa shape index (κ1) is 64.3. The van der Waals surface area contributed by atoms with Crippen LogP contribution in [0.2, 0.25) is 0 Å². The van der Waals surface area contributed by atoms with E-state index in [4.69, 9.17) is 39.4 Å². The summed E-state index contributed by atoms with van der Waals surface area (Å²) in [6.07, 6.45) is 0. The third-order valence-corrected chi connectivity index (χ3v) is 23.0. The van der Waals surface area contributed by atoms with Crippen LogP contribution >= 0.6 is 0 Å². The maximum Gasteiger partial charge on any atom is 0.164 e. The molecule has 0 saturated carbocycles. The topological polar surface area (TPSA) is 95.8 Å². The molecule has 8 heteroatoms. The number of aromatic nitrogens is 6. The third kappa shape index (κ3) is 10.1. The maximum atomic E-state index is 7.12. The van der Waals surface area contributed by atoms with Crippen LogP contribution in [0.5, 0.6) is 23.0 Å². The Morgan fingerprint density at radius 1 is 0.152 bits per heavy atom. The van der Waals surface area contributed by atoms with E-state index in [2.05, 4.69) is 358 Å². The van der Waals surface area contributed by atoms with E-state index in [9.17, 15) is 0 Å². The average molecular weight is 1430 g/mol. The smallest absolute Gasteiger partial charge is 0.164 e. The first-order chi connectivity index (χ1) is 55.5. The van der Waals surface area contributed by atoms with Gasteiger partial charge in [0.15, 0.2) is 34.9 Å². The van der Waals surface area contributed by atoms with Crippen molar-refractivity contribution in [1.82, 2.24) is 29.9 Å². The number of hydrogen-bond donors (Lipinski definition) is 0. The van der Waals surface area contributed by atoms with Crippen LogP contribution in [0.4, 0.5) is 0 Å². The molecule has 8 nitrogen and oxygen atoms in total. The summed E-state index contributed by atoms with van der Waals surface area (Å²) in [6, 6.07) is 138. The highest BCUT2D eigenvalue weighted by Crippen LogP contribution is 2.65. The van der Waals surface area contributed by atoms with E-state index in [1.807, 2.05) is 30.3 Å². The van der Waals surface area contributed by atoms with Crippen LogP contribution in [0.25, 0.3) is 146 Å². The quantitative estimate of drug-likeness (QED) is 0.126. The van der Waals surface area contributed by atoms with Crippen molar-refractivity contribution in [3.8, 4) is 169 Å². The molecule has 0 radical (unpaired) electrons. The number of benzene rings is 16. The molecule has 16 aromatic carbocycles. The highest BCUT2D eigenvalue weighted by atomic mass is 16.5. The minimum absolute atomic E-state index is 0.543. The first-order valence-corrected chi connectivity index (χ1v) is 38.0. The predicted octanol–water partition coefficient (Wildman–Crippen LogP) is 25.3. The lowest BCUT2D eigenvalue weighted by Gasteiger charge is -2.39. The van der Waals surface area contributed by atoms with Gasteiger partial charge in [0.2, 0.25) is 0 Å². The molecule has 18 aromatic rings. The lowest BCUT2D eigenvalue weighted by Crippen LogP contribution is -2.32. The molecule has 2 spiro atoms. The fraction of sp³-hybridized carbons (Fsp3) is 0.0192. The summed E-state index contributed by atoms with van der Waals surface area (Å²) in [4.78, 5) is 32.7. The predicted molar refractivity (Wildman–Crippen MR) is 448 cm³/mol. The van der Waals surface area contributed by atoms with Crippen molar-refractivity contribution in [2.24, 2.45) is 0 Å². The largest absolute Gasteiger partial charge is 0.457 e. The van der Waals surface area contributed by atoms with Gasteiger partial charge in [0.25, 0.3) is 0 Å². The SMILES string of the molecule is c1ccc(-c2cccc(-c3nc(-c4cccc(-c5cccc6c5-c5ccccc5[C@@]65c6ccccc6Oc6ccc(-c7ccccc7-c7nc(-c8ccccc8)nc(-c8ccccc8-c8ccccc8)n7)cc65)c4)nc(-c4ccccc4-c4ccc5c(c4)C4(c6ccccc6O5)c5ccccc5-c5ccccc54)n3)c2)cc1. The molecule has 0 unspecified atom stereocenters.